The van der Waals surface area contributed by atoms with Gasteiger partial charge in [-0.05, 0) is 24.6 Å². The summed E-state index contributed by atoms with van der Waals surface area (Å²) in [7, 11) is 1.45. The molecule has 2 N–H and O–H groups in total. The fourth-order valence-corrected chi connectivity index (χ4v) is 1.40. The van der Waals surface area contributed by atoms with E-state index in [1.165, 1.54) is 18.9 Å². The molecular weight excluding hydrogens is 233 g/mol. The molecule has 1 amide bonds. The molecule has 3 nitrogen and oxygen atoms in total. The summed E-state index contributed by atoms with van der Waals surface area (Å²) in [5.41, 5.74) is 5.54. The van der Waals surface area contributed by atoms with Crippen LogP contribution in [-0.2, 0) is 11.3 Å². The van der Waals surface area contributed by atoms with Crippen molar-refractivity contribution in [3.63, 3.8) is 0 Å². The maximum atomic E-state index is 12.9. The zero-order chi connectivity index (χ0) is 13.2. The molecule has 1 unspecified atom stereocenters. The summed E-state index contributed by atoms with van der Waals surface area (Å²) >= 11 is 0. The first kappa shape index (κ1) is 13.5. The van der Waals surface area contributed by atoms with E-state index in [0.717, 1.165) is 12.1 Å². The number of benzene rings is 1. The van der Waals surface area contributed by atoms with E-state index in [4.69, 9.17) is 5.73 Å². The SMILES string of the molecule is CC(N)C(=O)N(C)Cc1cc(F)c(F)c(F)c1. The molecule has 17 heavy (non-hydrogen) atoms. The standard InChI is InChI=1S/C11H13F3N2O/c1-6(15)11(17)16(2)5-7-3-8(12)10(14)9(13)4-7/h3-4,6H,5,15H2,1-2H3. The molecule has 0 aromatic heterocycles. The quantitative estimate of drug-likeness (QED) is 0.820. The predicted octanol–water partition coefficient (Wildman–Crippen LogP) is 1.41. The molecule has 0 saturated heterocycles. The first-order chi connectivity index (χ1) is 7.82. The van der Waals surface area contributed by atoms with Gasteiger partial charge in [0.05, 0.1) is 6.04 Å². The van der Waals surface area contributed by atoms with Gasteiger partial charge in [0.2, 0.25) is 5.91 Å². The van der Waals surface area contributed by atoms with Crippen LogP contribution >= 0.6 is 0 Å². The lowest BCUT2D eigenvalue weighted by Crippen LogP contribution is -2.39. The minimum absolute atomic E-state index is 0.0332. The van der Waals surface area contributed by atoms with Gasteiger partial charge in [-0.1, -0.05) is 0 Å². The van der Waals surface area contributed by atoms with E-state index in [1.54, 1.807) is 0 Å². The molecule has 0 radical (unpaired) electrons. The molecule has 0 aliphatic rings. The van der Waals surface area contributed by atoms with E-state index in [1.807, 2.05) is 0 Å². The Morgan fingerprint density at radius 1 is 1.35 bits per heavy atom. The Hall–Kier alpha value is -1.56. The molecule has 1 rings (SSSR count). The van der Waals surface area contributed by atoms with Crippen LogP contribution in [0.15, 0.2) is 12.1 Å². The summed E-state index contributed by atoms with van der Waals surface area (Å²) in [5, 5.41) is 0. The summed E-state index contributed by atoms with van der Waals surface area (Å²) < 4.78 is 38.5. The van der Waals surface area contributed by atoms with Crippen molar-refractivity contribution in [1.29, 1.82) is 0 Å². The number of amides is 1. The van der Waals surface area contributed by atoms with Crippen LogP contribution in [-0.4, -0.2) is 23.9 Å². The van der Waals surface area contributed by atoms with Gasteiger partial charge in [-0.25, -0.2) is 13.2 Å². The van der Waals surface area contributed by atoms with Gasteiger partial charge in [0.15, 0.2) is 17.5 Å². The molecule has 0 spiro atoms. The molecule has 0 heterocycles. The molecule has 0 bridgehead atoms. The lowest BCUT2D eigenvalue weighted by molar-refractivity contribution is -0.131. The van der Waals surface area contributed by atoms with E-state index in [-0.39, 0.29) is 18.0 Å². The van der Waals surface area contributed by atoms with Crippen LogP contribution in [0.25, 0.3) is 0 Å². The van der Waals surface area contributed by atoms with Gasteiger partial charge >= 0.3 is 0 Å². The Morgan fingerprint density at radius 2 is 1.82 bits per heavy atom. The van der Waals surface area contributed by atoms with E-state index in [0.29, 0.717) is 0 Å². The van der Waals surface area contributed by atoms with Crippen LogP contribution in [0.2, 0.25) is 0 Å². The number of hydrogen-bond donors (Lipinski definition) is 1. The molecule has 0 fully saturated rings. The Bertz CT molecular complexity index is 412. The number of rotatable bonds is 3. The van der Waals surface area contributed by atoms with Gasteiger partial charge in [0.1, 0.15) is 0 Å². The Balaban J connectivity index is 2.86. The average molecular weight is 246 g/mol. The molecule has 94 valence electrons. The monoisotopic (exact) mass is 246 g/mol. The summed E-state index contributed by atoms with van der Waals surface area (Å²) in [5.74, 6) is -4.44. The van der Waals surface area contributed by atoms with Crippen molar-refractivity contribution in [2.24, 2.45) is 5.73 Å². The molecule has 6 heteroatoms. The summed E-state index contributed by atoms with van der Waals surface area (Å²) in [6, 6.07) is 1.00. The second kappa shape index (κ2) is 5.18. The highest BCUT2D eigenvalue weighted by molar-refractivity contribution is 5.80. The van der Waals surface area contributed by atoms with Gasteiger partial charge in [0, 0.05) is 13.6 Å². The highest BCUT2D eigenvalue weighted by atomic mass is 19.2. The Morgan fingerprint density at radius 3 is 2.24 bits per heavy atom. The number of likely N-dealkylation sites (N-methyl/N-ethyl adjacent to an activating group) is 1. The Labute approximate surface area is 97.0 Å². The first-order valence-corrected chi connectivity index (χ1v) is 4.97. The minimum atomic E-state index is -1.52. The minimum Gasteiger partial charge on any atom is -0.340 e. The van der Waals surface area contributed by atoms with Gasteiger partial charge < -0.3 is 10.6 Å². The van der Waals surface area contributed by atoms with E-state index in [2.05, 4.69) is 0 Å². The van der Waals surface area contributed by atoms with Crippen LogP contribution in [0.5, 0.6) is 0 Å². The smallest absolute Gasteiger partial charge is 0.239 e. The zero-order valence-electron chi connectivity index (χ0n) is 9.51. The molecule has 0 aliphatic carbocycles. The fraction of sp³-hybridized carbons (Fsp3) is 0.364. The molecule has 1 atom stereocenters. The summed E-state index contributed by atoms with van der Waals surface area (Å²) in [6.45, 7) is 1.47. The highest BCUT2D eigenvalue weighted by Crippen LogP contribution is 2.14. The van der Waals surface area contributed by atoms with Crippen LogP contribution in [0.4, 0.5) is 13.2 Å². The second-order valence-electron chi connectivity index (χ2n) is 3.86. The van der Waals surface area contributed by atoms with Crippen molar-refractivity contribution in [2.75, 3.05) is 7.05 Å². The van der Waals surface area contributed by atoms with Crippen molar-refractivity contribution in [2.45, 2.75) is 19.5 Å². The van der Waals surface area contributed by atoms with Crippen LogP contribution in [0.3, 0.4) is 0 Å². The zero-order valence-corrected chi connectivity index (χ0v) is 9.51. The lowest BCUT2D eigenvalue weighted by Gasteiger charge is -2.19. The second-order valence-corrected chi connectivity index (χ2v) is 3.86. The molecular formula is C11H13F3N2O. The number of carbonyl (C=O) groups excluding carboxylic acids is 1. The summed E-state index contributed by atoms with van der Waals surface area (Å²) in [6.07, 6.45) is 0. The van der Waals surface area contributed by atoms with Gasteiger partial charge in [-0.2, -0.15) is 0 Å². The largest absolute Gasteiger partial charge is 0.340 e. The lowest BCUT2D eigenvalue weighted by atomic mass is 10.2. The number of nitrogens with zero attached hydrogens (tertiary/aromatic N) is 1. The summed E-state index contributed by atoms with van der Waals surface area (Å²) in [4.78, 5) is 12.6. The van der Waals surface area contributed by atoms with Crippen LogP contribution in [0.1, 0.15) is 12.5 Å². The Kier molecular flexibility index (Phi) is 4.11. The first-order valence-electron chi connectivity index (χ1n) is 4.97. The predicted molar refractivity (Wildman–Crippen MR) is 56.4 cm³/mol. The fourth-order valence-electron chi connectivity index (χ4n) is 1.40. The number of hydrogen-bond acceptors (Lipinski definition) is 2. The van der Waals surface area contributed by atoms with Crippen molar-refractivity contribution in [1.82, 2.24) is 4.90 Å². The van der Waals surface area contributed by atoms with Crippen molar-refractivity contribution < 1.29 is 18.0 Å². The van der Waals surface area contributed by atoms with Crippen molar-refractivity contribution >= 4 is 5.91 Å². The van der Waals surface area contributed by atoms with Crippen molar-refractivity contribution in [3.8, 4) is 0 Å². The van der Waals surface area contributed by atoms with Crippen LogP contribution < -0.4 is 5.73 Å². The highest BCUT2D eigenvalue weighted by Gasteiger charge is 2.16. The van der Waals surface area contributed by atoms with Crippen molar-refractivity contribution in [3.05, 3.63) is 35.1 Å². The number of carbonyl (C=O) groups is 1. The molecule has 0 aliphatic heterocycles. The normalized spacial score (nSPS) is 12.4. The maximum absolute atomic E-state index is 12.9. The van der Waals surface area contributed by atoms with Gasteiger partial charge in [-0.3, -0.25) is 4.79 Å². The molecule has 0 saturated carbocycles. The average Bonchev–Trinajstić information content (AvgIpc) is 2.24. The topological polar surface area (TPSA) is 46.3 Å². The third-order valence-electron chi connectivity index (χ3n) is 2.23. The van der Waals surface area contributed by atoms with Crippen LogP contribution in [0, 0.1) is 17.5 Å². The van der Waals surface area contributed by atoms with E-state index < -0.39 is 23.5 Å². The third kappa shape index (κ3) is 3.20. The van der Waals surface area contributed by atoms with E-state index >= 15 is 0 Å². The van der Waals surface area contributed by atoms with E-state index in [9.17, 15) is 18.0 Å². The van der Waals surface area contributed by atoms with Gasteiger partial charge in [0.25, 0.3) is 0 Å². The number of halogens is 3. The molecule has 1 aromatic carbocycles. The van der Waals surface area contributed by atoms with Gasteiger partial charge in [-0.15, -0.1) is 0 Å². The number of nitrogens with two attached hydrogens (primary N) is 1. The third-order valence-corrected chi connectivity index (χ3v) is 2.23. The molecule has 1 aromatic rings. The maximum Gasteiger partial charge on any atom is 0.239 e.